The Morgan fingerprint density at radius 1 is 1.69 bits per heavy atom. The Kier molecular flexibility index (Phi) is 2.49. The van der Waals surface area contributed by atoms with Crippen molar-refractivity contribution in [1.82, 2.24) is 0 Å². The second-order valence-corrected chi connectivity index (χ2v) is 2.84. The van der Waals surface area contributed by atoms with E-state index in [4.69, 9.17) is 0 Å². The number of cyclic esters (lactones) is 1. The van der Waals surface area contributed by atoms with Gasteiger partial charge in [0.05, 0.1) is 6.61 Å². The highest BCUT2D eigenvalue weighted by atomic mass is 19.3. The lowest BCUT2D eigenvalue weighted by atomic mass is 10.1. The number of carbonyl (C=O) groups excluding carboxylic acids is 2. The number of hydrogen-bond donors (Lipinski definition) is 0. The number of halogens is 2. The minimum atomic E-state index is -3.22. The van der Waals surface area contributed by atoms with E-state index in [1.54, 1.807) is 0 Å². The Bertz CT molecular complexity index is 241. The van der Waals surface area contributed by atoms with Gasteiger partial charge in [-0.15, -0.1) is 0 Å². The van der Waals surface area contributed by atoms with Crippen LogP contribution in [0.2, 0.25) is 0 Å². The minimum absolute atomic E-state index is 0.0891. The summed E-state index contributed by atoms with van der Waals surface area (Å²) in [7, 11) is 0. The predicted octanol–water partition coefficient (Wildman–Crippen LogP) is 0.500. The zero-order valence-electron chi connectivity index (χ0n) is 6.88. The van der Waals surface area contributed by atoms with Gasteiger partial charge >= 0.3 is 18.4 Å². The number of ether oxygens (including phenoxy) is 2. The molecule has 0 aromatic heterocycles. The van der Waals surface area contributed by atoms with Gasteiger partial charge in [0.2, 0.25) is 5.60 Å². The van der Waals surface area contributed by atoms with Gasteiger partial charge in [0.15, 0.2) is 0 Å². The van der Waals surface area contributed by atoms with Gasteiger partial charge in [0.1, 0.15) is 0 Å². The highest BCUT2D eigenvalue weighted by molar-refractivity contribution is 5.85. The summed E-state index contributed by atoms with van der Waals surface area (Å²) in [6.07, 6.45) is -3.10. The molecule has 0 bridgehead atoms. The highest BCUT2D eigenvalue weighted by Gasteiger charge is 2.45. The van der Waals surface area contributed by atoms with Crippen molar-refractivity contribution in [3.63, 3.8) is 0 Å². The van der Waals surface area contributed by atoms with Gasteiger partial charge in [-0.1, -0.05) is 0 Å². The maximum absolute atomic E-state index is 11.8. The van der Waals surface area contributed by atoms with Gasteiger partial charge in [-0.05, 0) is 6.92 Å². The van der Waals surface area contributed by atoms with Gasteiger partial charge < -0.3 is 9.47 Å². The normalized spacial score (nSPS) is 27.5. The second kappa shape index (κ2) is 3.27. The number of rotatable bonds is 2. The van der Waals surface area contributed by atoms with Gasteiger partial charge in [0.25, 0.3) is 0 Å². The van der Waals surface area contributed by atoms with E-state index in [0.29, 0.717) is 0 Å². The summed E-state index contributed by atoms with van der Waals surface area (Å²) in [5, 5.41) is 0. The maximum Gasteiger partial charge on any atom is 0.374 e. The molecule has 0 aromatic rings. The molecule has 6 heteroatoms. The molecule has 1 atom stereocenters. The molecule has 0 aliphatic carbocycles. The first-order valence-corrected chi connectivity index (χ1v) is 3.64. The monoisotopic (exact) mass is 194 g/mol. The van der Waals surface area contributed by atoms with E-state index in [1.165, 1.54) is 6.92 Å². The predicted molar refractivity (Wildman–Crippen MR) is 36.1 cm³/mol. The molecule has 1 heterocycles. The van der Waals surface area contributed by atoms with Crippen molar-refractivity contribution in [3.8, 4) is 0 Å². The van der Waals surface area contributed by atoms with Crippen LogP contribution in [0.15, 0.2) is 0 Å². The fourth-order valence-electron chi connectivity index (χ4n) is 0.952. The van der Waals surface area contributed by atoms with E-state index in [9.17, 15) is 18.4 Å². The molecule has 1 fully saturated rings. The Morgan fingerprint density at radius 2 is 2.31 bits per heavy atom. The minimum Gasteiger partial charge on any atom is -0.463 e. The fourth-order valence-corrected chi connectivity index (χ4v) is 0.952. The van der Waals surface area contributed by atoms with E-state index < -0.39 is 24.0 Å². The first kappa shape index (κ1) is 9.88. The smallest absolute Gasteiger partial charge is 0.374 e. The molecule has 0 saturated carbocycles. The summed E-state index contributed by atoms with van der Waals surface area (Å²) in [5.41, 5.74) is -1.53. The largest absolute Gasteiger partial charge is 0.463 e. The quantitative estimate of drug-likeness (QED) is 0.600. The molecule has 1 saturated heterocycles. The zero-order chi connectivity index (χ0) is 10.1. The standard InChI is InChI=1S/C7H8F2O4/c1-7(2-3-12-6(7)11)13-5(10)4(8)9/h4H,2-3H2,1H3. The molecule has 1 unspecified atom stereocenters. The average Bonchev–Trinajstić information content (AvgIpc) is 2.32. The molecule has 1 rings (SSSR count). The molecule has 0 N–H and O–H groups in total. The van der Waals surface area contributed by atoms with Crippen LogP contribution in [0.5, 0.6) is 0 Å². The van der Waals surface area contributed by atoms with Crippen molar-refractivity contribution in [3.05, 3.63) is 0 Å². The molecule has 0 spiro atoms. The Labute approximate surface area is 72.8 Å². The number of hydrogen-bond acceptors (Lipinski definition) is 4. The molecular formula is C7H8F2O4. The number of alkyl halides is 2. The number of esters is 2. The first-order chi connectivity index (χ1) is 5.96. The Morgan fingerprint density at radius 3 is 2.69 bits per heavy atom. The SMILES string of the molecule is CC1(OC(=O)C(F)F)CCOC1=O. The average molecular weight is 194 g/mol. The Hall–Kier alpha value is -1.20. The van der Waals surface area contributed by atoms with Crippen LogP contribution < -0.4 is 0 Å². The summed E-state index contributed by atoms with van der Waals surface area (Å²) in [6.45, 7) is 1.34. The summed E-state index contributed by atoms with van der Waals surface area (Å²) in [6, 6.07) is 0. The summed E-state index contributed by atoms with van der Waals surface area (Å²) in [5.74, 6) is -2.47. The maximum atomic E-state index is 11.8. The van der Waals surface area contributed by atoms with Crippen LogP contribution in [0, 0.1) is 0 Å². The molecule has 74 valence electrons. The highest BCUT2D eigenvalue weighted by Crippen LogP contribution is 2.24. The van der Waals surface area contributed by atoms with Crippen LogP contribution >= 0.6 is 0 Å². The van der Waals surface area contributed by atoms with Crippen molar-refractivity contribution in [2.45, 2.75) is 25.4 Å². The van der Waals surface area contributed by atoms with Crippen molar-refractivity contribution < 1.29 is 27.8 Å². The molecule has 0 amide bonds. The molecule has 0 aromatic carbocycles. The van der Waals surface area contributed by atoms with E-state index in [0.717, 1.165) is 0 Å². The van der Waals surface area contributed by atoms with E-state index in [-0.39, 0.29) is 13.0 Å². The van der Waals surface area contributed by atoms with Gasteiger partial charge in [0, 0.05) is 6.42 Å². The van der Waals surface area contributed by atoms with E-state index in [1.807, 2.05) is 0 Å². The third kappa shape index (κ3) is 1.93. The summed E-state index contributed by atoms with van der Waals surface area (Å²) in [4.78, 5) is 21.4. The van der Waals surface area contributed by atoms with E-state index in [2.05, 4.69) is 9.47 Å². The molecule has 1 aliphatic heterocycles. The summed E-state index contributed by atoms with van der Waals surface area (Å²) < 4.78 is 32.3. The van der Waals surface area contributed by atoms with Gasteiger partial charge in [-0.25, -0.2) is 9.59 Å². The zero-order valence-corrected chi connectivity index (χ0v) is 6.88. The van der Waals surface area contributed by atoms with Crippen LogP contribution in [0.25, 0.3) is 0 Å². The second-order valence-electron chi connectivity index (χ2n) is 2.84. The molecule has 1 aliphatic rings. The van der Waals surface area contributed by atoms with Gasteiger partial charge in [-0.3, -0.25) is 0 Å². The Balaban J connectivity index is 2.61. The molecule has 4 nitrogen and oxygen atoms in total. The van der Waals surface area contributed by atoms with Gasteiger partial charge in [-0.2, -0.15) is 8.78 Å². The lowest BCUT2D eigenvalue weighted by Gasteiger charge is -2.18. The van der Waals surface area contributed by atoms with E-state index >= 15 is 0 Å². The fraction of sp³-hybridized carbons (Fsp3) is 0.714. The number of carbonyl (C=O) groups is 2. The van der Waals surface area contributed by atoms with Crippen molar-refractivity contribution in [2.24, 2.45) is 0 Å². The molecule has 13 heavy (non-hydrogen) atoms. The van der Waals surface area contributed by atoms with Crippen LogP contribution in [-0.2, 0) is 19.1 Å². The van der Waals surface area contributed by atoms with Crippen LogP contribution in [0.1, 0.15) is 13.3 Å². The lowest BCUT2D eigenvalue weighted by molar-refractivity contribution is -0.179. The summed E-state index contributed by atoms with van der Waals surface area (Å²) >= 11 is 0. The van der Waals surface area contributed by atoms with Crippen molar-refractivity contribution in [1.29, 1.82) is 0 Å². The van der Waals surface area contributed by atoms with Crippen LogP contribution in [0.3, 0.4) is 0 Å². The topological polar surface area (TPSA) is 52.6 Å². The molecular weight excluding hydrogens is 186 g/mol. The van der Waals surface area contributed by atoms with Crippen LogP contribution in [-0.4, -0.2) is 30.6 Å². The third-order valence-corrected chi connectivity index (χ3v) is 1.75. The first-order valence-electron chi connectivity index (χ1n) is 3.64. The van der Waals surface area contributed by atoms with Crippen molar-refractivity contribution in [2.75, 3.05) is 6.61 Å². The molecule has 0 radical (unpaired) electrons. The lowest BCUT2D eigenvalue weighted by Crippen LogP contribution is -2.38. The van der Waals surface area contributed by atoms with Crippen molar-refractivity contribution >= 4 is 11.9 Å². The van der Waals surface area contributed by atoms with Crippen LogP contribution in [0.4, 0.5) is 8.78 Å². The third-order valence-electron chi connectivity index (χ3n) is 1.75.